The monoisotopic (exact) mass is 347 g/mol. The zero-order chi connectivity index (χ0) is 14.6. The molecule has 0 aromatic heterocycles. The van der Waals surface area contributed by atoms with Crippen LogP contribution < -0.4 is 0 Å². The summed E-state index contributed by atoms with van der Waals surface area (Å²) in [6, 6.07) is 5.05. The first-order valence-electron chi connectivity index (χ1n) is 5.65. The number of nitrogens with zero attached hydrogens (tertiary/aromatic N) is 1. The second-order valence-corrected chi connectivity index (χ2v) is 5.56. The van der Waals surface area contributed by atoms with Gasteiger partial charge >= 0.3 is 5.97 Å². The minimum Gasteiger partial charge on any atom is -0.469 e. The molecule has 0 N–H and O–H groups in total. The van der Waals surface area contributed by atoms with Crippen molar-refractivity contribution in [2.24, 2.45) is 5.92 Å². The zero-order valence-electron chi connectivity index (χ0n) is 10.9. The maximum atomic E-state index is 12.2. The number of hydrogen-bond acceptors (Lipinski definition) is 3. The summed E-state index contributed by atoms with van der Waals surface area (Å²) in [4.78, 5) is 25.0. The fourth-order valence-electron chi connectivity index (χ4n) is 1.64. The van der Waals surface area contributed by atoms with E-state index < -0.39 is 0 Å². The summed E-state index contributed by atoms with van der Waals surface area (Å²) >= 11 is 9.31. The molecule has 0 fully saturated rings. The van der Waals surface area contributed by atoms with Gasteiger partial charge in [0.25, 0.3) is 5.91 Å². The van der Waals surface area contributed by atoms with E-state index in [4.69, 9.17) is 11.6 Å². The van der Waals surface area contributed by atoms with Gasteiger partial charge in [-0.2, -0.15) is 0 Å². The molecule has 0 spiro atoms. The van der Waals surface area contributed by atoms with Crippen LogP contribution in [0.15, 0.2) is 22.7 Å². The van der Waals surface area contributed by atoms with E-state index in [0.29, 0.717) is 10.6 Å². The fourth-order valence-corrected chi connectivity index (χ4v) is 2.39. The first kappa shape index (κ1) is 16.0. The highest BCUT2D eigenvalue weighted by atomic mass is 79.9. The lowest BCUT2D eigenvalue weighted by atomic mass is 10.1. The third-order valence-electron chi connectivity index (χ3n) is 2.66. The van der Waals surface area contributed by atoms with E-state index in [9.17, 15) is 9.59 Å². The number of hydrogen-bond donors (Lipinski definition) is 0. The Kier molecular flexibility index (Phi) is 5.82. The van der Waals surface area contributed by atoms with Crippen LogP contribution in [0, 0.1) is 5.92 Å². The van der Waals surface area contributed by atoms with Gasteiger partial charge in [-0.1, -0.05) is 34.5 Å². The second kappa shape index (κ2) is 6.91. The third-order valence-corrected chi connectivity index (χ3v) is 3.47. The number of methoxy groups -OCH3 is 1. The molecular weight excluding hydrogens is 334 g/mol. The highest BCUT2D eigenvalue weighted by Gasteiger charge is 2.21. The Morgan fingerprint density at radius 3 is 2.63 bits per heavy atom. The summed E-state index contributed by atoms with van der Waals surface area (Å²) in [5.74, 6) is -0.956. The Morgan fingerprint density at radius 2 is 2.11 bits per heavy atom. The molecule has 6 heteroatoms. The molecule has 1 rings (SSSR count). The number of esters is 1. The molecule has 0 aliphatic carbocycles. The van der Waals surface area contributed by atoms with Gasteiger partial charge < -0.3 is 9.64 Å². The average Bonchev–Trinajstić information content (AvgIpc) is 2.36. The first-order chi connectivity index (χ1) is 8.86. The van der Waals surface area contributed by atoms with Crippen LogP contribution in [0.4, 0.5) is 0 Å². The topological polar surface area (TPSA) is 46.6 Å². The molecule has 104 valence electrons. The van der Waals surface area contributed by atoms with Crippen LogP contribution >= 0.6 is 27.5 Å². The molecule has 1 aromatic rings. The van der Waals surface area contributed by atoms with Crippen molar-refractivity contribution in [1.82, 2.24) is 4.90 Å². The summed E-state index contributed by atoms with van der Waals surface area (Å²) in [7, 11) is 2.95. The number of rotatable bonds is 4. The average molecular weight is 349 g/mol. The number of carbonyl (C=O) groups is 2. The molecule has 1 unspecified atom stereocenters. The Bertz CT molecular complexity index is 493. The maximum absolute atomic E-state index is 12.2. The van der Waals surface area contributed by atoms with E-state index in [1.807, 2.05) is 0 Å². The normalized spacial score (nSPS) is 11.8. The molecule has 0 saturated heterocycles. The maximum Gasteiger partial charge on any atom is 0.310 e. The van der Waals surface area contributed by atoms with Gasteiger partial charge in [0.05, 0.1) is 23.6 Å². The molecule has 0 aliphatic heterocycles. The van der Waals surface area contributed by atoms with Crippen LogP contribution in [0.5, 0.6) is 0 Å². The van der Waals surface area contributed by atoms with Gasteiger partial charge in [-0.05, 0) is 18.2 Å². The molecule has 1 aromatic carbocycles. The summed E-state index contributed by atoms with van der Waals surface area (Å²) in [6.45, 7) is 1.98. The Morgan fingerprint density at radius 1 is 1.47 bits per heavy atom. The van der Waals surface area contributed by atoms with Crippen LogP contribution in [0.3, 0.4) is 0 Å². The van der Waals surface area contributed by atoms with E-state index in [-0.39, 0.29) is 24.3 Å². The lowest BCUT2D eigenvalue weighted by Crippen LogP contribution is -2.34. The van der Waals surface area contributed by atoms with Crippen LogP contribution in [-0.2, 0) is 9.53 Å². The molecule has 1 atom stereocenters. The smallest absolute Gasteiger partial charge is 0.310 e. The quantitative estimate of drug-likeness (QED) is 0.786. The first-order valence-corrected chi connectivity index (χ1v) is 6.82. The number of benzene rings is 1. The molecular formula is C13H15BrClNO3. The molecule has 0 heterocycles. The number of halogens is 2. The van der Waals surface area contributed by atoms with Crippen molar-refractivity contribution in [3.8, 4) is 0 Å². The number of carbonyl (C=O) groups excluding carboxylic acids is 2. The highest BCUT2D eigenvalue weighted by Crippen LogP contribution is 2.22. The highest BCUT2D eigenvalue weighted by molar-refractivity contribution is 9.10. The largest absolute Gasteiger partial charge is 0.469 e. The number of ether oxygens (including phenoxy) is 1. The summed E-state index contributed by atoms with van der Waals surface area (Å²) < 4.78 is 5.43. The van der Waals surface area contributed by atoms with E-state index >= 15 is 0 Å². The molecule has 0 bridgehead atoms. The van der Waals surface area contributed by atoms with E-state index in [1.165, 1.54) is 12.0 Å². The van der Waals surface area contributed by atoms with Crippen molar-refractivity contribution in [2.75, 3.05) is 20.7 Å². The predicted molar refractivity (Wildman–Crippen MR) is 77.3 cm³/mol. The van der Waals surface area contributed by atoms with Crippen LogP contribution in [0.25, 0.3) is 0 Å². The predicted octanol–water partition coefficient (Wildman–Crippen LogP) is 2.98. The Labute approximate surface area is 125 Å². The standard InChI is InChI=1S/C13H15BrClNO3/c1-8(13(18)19-3)7-16(2)12(17)10-5-4-9(14)6-11(10)15/h4-6,8H,7H2,1-3H3. The van der Waals surface area contributed by atoms with Crippen molar-refractivity contribution >= 4 is 39.4 Å². The van der Waals surface area contributed by atoms with Crippen molar-refractivity contribution in [3.63, 3.8) is 0 Å². The Hall–Kier alpha value is -1.07. The fraction of sp³-hybridized carbons (Fsp3) is 0.385. The van der Waals surface area contributed by atoms with Crippen molar-refractivity contribution < 1.29 is 14.3 Å². The molecule has 0 radical (unpaired) electrons. The zero-order valence-corrected chi connectivity index (χ0v) is 13.3. The molecule has 0 aliphatic rings. The summed E-state index contributed by atoms with van der Waals surface area (Å²) in [5, 5.41) is 0.372. The van der Waals surface area contributed by atoms with Crippen LogP contribution in [0.1, 0.15) is 17.3 Å². The minimum absolute atomic E-state index is 0.228. The molecule has 4 nitrogen and oxygen atoms in total. The lowest BCUT2D eigenvalue weighted by molar-refractivity contribution is -0.145. The van der Waals surface area contributed by atoms with Crippen molar-refractivity contribution in [2.45, 2.75) is 6.92 Å². The van der Waals surface area contributed by atoms with Crippen LogP contribution in [-0.4, -0.2) is 37.5 Å². The molecule has 0 saturated carbocycles. The van der Waals surface area contributed by atoms with Gasteiger partial charge in [-0.15, -0.1) is 0 Å². The second-order valence-electron chi connectivity index (χ2n) is 4.23. The van der Waals surface area contributed by atoms with E-state index in [1.54, 1.807) is 32.2 Å². The summed E-state index contributed by atoms with van der Waals surface area (Å²) in [5.41, 5.74) is 0.407. The van der Waals surface area contributed by atoms with Gasteiger partial charge in [-0.3, -0.25) is 9.59 Å². The molecule has 1 amide bonds. The van der Waals surface area contributed by atoms with Gasteiger partial charge in [0.2, 0.25) is 0 Å². The number of amides is 1. The third kappa shape index (κ3) is 4.21. The molecule has 19 heavy (non-hydrogen) atoms. The van der Waals surface area contributed by atoms with Gasteiger partial charge in [0.15, 0.2) is 0 Å². The van der Waals surface area contributed by atoms with E-state index in [0.717, 1.165) is 4.47 Å². The Balaban J connectivity index is 2.79. The summed E-state index contributed by atoms with van der Waals surface area (Å²) in [6.07, 6.45) is 0. The van der Waals surface area contributed by atoms with E-state index in [2.05, 4.69) is 20.7 Å². The lowest BCUT2D eigenvalue weighted by Gasteiger charge is -2.20. The van der Waals surface area contributed by atoms with Gasteiger partial charge in [0, 0.05) is 18.1 Å². The van der Waals surface area contributed by atoms with Crippen LogP contribution in [0.2, 0.25) is 5.02 Å². The van der Waals surface area contributed by atoms with Crippen molar-refractivity contribution in [3.05, 3.63) is 33.3 Å². The van der Waals surface area contributed by atoms with Gasteiger partial charge in [0.1, 0.15) is 0 Å². The van der Waals surface area contributed by atoms with Crippen molar-refractivity contribution in [1.29, 1.82) is 0 Å². The minimum atomic E-state index is -0.381. The van der Waals surface area contributed by atoms with Gasteiger partial charge in [-0.25, -0.2) is 0 Å². The SMILES string of the molecule is COC(=O)C(C)CN(C)C(=O)c1ccc(Br)cc1Cl.